The van der Waals surface area contributed by atoms with E-state index in [0.717, 1.165) is 29.5 Å². The fourth-order valence-corrected chi connectivity index (χ4v) is 3.39. The van der Waals surface area contributed by atoms with Crippen LogP contribution in [0.25, 0.3) is 0 Å². The molecule has 0 radical (unpaired) electrons. The van der Waals surface area contributed by atoms with Gasteiger partial charge in [-0.1, -0.05) is 29.4 Å². The van der Waals surface area contributed by atoms with Crippen LogP contribution in [-0.2, 0) is 6.54 Å². The van der Waals surface area contributed by atoms with Crippen molar-refractivity contribution in [3.8, 4) is 0 Å². The third kappa shape index (κ3) is 3.40. The average molecular weight is 265 g/mol. The van der Waals surface area contributed by atoms with E-state index in [-0.39, 0.29) is 5.84 Å². The molecule has 0 amide bonds. The van der Waals surface area contributed by atoms with Crippen LogP contribution in [0.3, 0.4) is 0 Å². The number of nitrogens with one attached hydrogen (secondary N) is 1. The SMILES string of the molecule is N/C(=N/O)c1ccccc1CNCC1CCCS1. The van der Waals surface area contributed by atoms with Crippen LogP contribution in [0, 0.1) is 0 Å². The van der Waals surface area contributed by atoms with Crippen LogP contribution in [-0.4, -0.2) is 28.6 Å². The Morgan fingerprint density at radius 1 is 1.50 bits per heavy atom. The van der Waals surface area contributed by atoms with Gasteiger partial charge in [-0.2, -0.15) is 11.8 Å². The van der Waals surface area contributed by atoms with Gasteiger partial charge in [0.15, 0.2) is 5.84 Å². The molecule has 1 fully saturated rings. The molecule has 1 heterocycles. The molecule has 1 aromatic carbocycles. The van der Waals surface area contributed by atoms with Gasteiger partial charge in [0, 0.05) is 23.9 Å². The standard InChI is InChI=1S/C13H19N3OS/c14-13(16-17)12-6-2-1-4-10(12)8-15-9-11-5-3-7-18-11/h1-2,4,6,11,15,17H,3,5,7-9H2,(H2,14,16). The summed E-state index contributed by atoms with van der Waals surface area (Å²) in [7, 11) is 0. The van der Waals surface area contributed by atoms with Crippen LogP contribution < -0.4 is 11.1 Å². The minimum atomic E-state index is 0.169. The van der Waals surface area contributed by atoms with E-state index in [9.17, 15) is 0 Å². The van der Waals surface area contributed by atoms with E-state index in [0.29, 0.717) is 0 Å². The van der Waals surface area contributed by atoms with Gasteiger partial charge in [-0.3, -0.25) is 0 Å². The fraction of sp³-hybridized carbons (Fsp3) is 0.462. The third-order valence-corrected chi connectivity index (χ3v) is 4.51. The first kappa shape index (κ1) is 13.2. The third-order valence-electron chi connectivity index (χ3n) is 3.11. The number of hydrogen-bond donors (Lipinski definition) is 3. The van der Waals surface area contributed by atoms with Crippen LogP contribution >= 0.6 is 11.8 Å². The molecule has 0 aromatic heterocycles. The number of nitrogens with two attached hydrogens (primary N) is 1. The van der Waals surface area contributed by atoms with E-state index in [4.69, 9.17) is 10.9 Å². The molecule has 18 heavy (non-hydrogen) atoms. The van der Waals surface area contributed by atoms with Crippen molar-refractivity contribution in [1.29, 1.82) is 0 Å². The number of hydrogen-bond acceptors (Lipinski definition) is 4. The second kappa shape index (κ2) is 6.66. The lowest BCUT2D eigenvalue weighted by atomic mass is 10.1. The number of nitrogens with zero attached hydrogens (tertiary/aromatic N) is 1. The van der Waals surface area contributed by atoms with E-state index < -0.39 is 0 Å². The first-order chi connectivity index (χ1) is 8.81. The van der Waals surface area contributed by atoms with Crippen molar-refractivity contribution < 1.29 is 5.21 Å². The van der Waals surface area contributed by atoms with Crippen LogP contribution in [0.1, 0.15) is 24.0 Å². The monoisotopic (exact) mass is 265 g/mol. The number of oxime groups is 1. The molecule has 0 bridgehead atoms. The Labute approximate surface area is 112 Å². The van der Waals surface area contributed by atoms with Gasteiger partial charge in [0.05, 0.1) is 0 Å². The Morgan fingerprint density at radius 3 is 3.06 bits per heavy atom. The predicted octanol–water partition coefficient (Wildman–Crippen LogP) is 1.77. The summed E-state index contributed by atoms with van der Waals surface area (Å²) in [6.45, 7) is 1.78. The molecule has 98 valence electrons. The Balaban J connectivity index is 1.92. The van der Waals surface area contributed by atoms with Crippen molar-refractivity contribution >= 4 is 17.6 Å². The topological polar surface area (TPSA) is 70.6 Å². The van der Waals surface area contributed by atoms with Gasteiger partial charge in [-0.05, 0) is 24.2 Å². The number of rotatable bonds is 5. The molecule has 1 saturated heterocycles. The van der Waals surface area contributed by atoms with E-state index in [1.165, 1.54) is 18.6 Å². The molecule has 4 N–H and O–H groups in total. The van der Waals surface area contributed by atoms with E-state index >= 15 is 0 Å². The maximum absolute atomic E-state index is 8.75. The van der Waals surface area contributed by atoms with Crippen LogP contribution in [0.15, 0.2) is 29.4 Å². The summed E-state index contributed by atoms with van der Waals surface area (Å²) >= 11 is 2.04. The zero-order chi connectivity index (χ0) is 12.8. The van der Waals surface area contributed by atoms with Gasteiger partial charge < -0.3 is 16.3 Å². The maximum atomic E-state index is 8.75. The van der Waals surface area contributed by atoms with Crippen molar-refractivity contribution in [2.45, 2.75) is 24.6 Å². The quantitative estimate of drug-likeness (QED) is 0.328. The van der Waals surface area contributed by atoms with E-state index in [1.807, 2.05) is 36.0 Å². The molecule has 1 aliphatic heterocycles. The van der Waals surface area contributed by atoms with Gasteiger partial charge in [0.1, 0.15) is 0 Å². The molecule has 1 aromatic rings. The van der Waals surface area contributed by atoms with Crippen molar-refractivity contribution in [2.75, 3.05) is 12.3 Å². The Hall–Kier alpha value is -1.20. The van der Waals surface area contributed by atoms with Crippen molar-refractivity contribution in [3.63, 3.8) is 0 Å². The second-order valence-electron chi connectivity index (χ2n) is 4.41. The summed E-state index contributed by atoms with van der Waals surface area (Å²) in [5, 5.41) is 16.0. The highest BCUT2D eigenvalue weighted by Crippen LogP contribution is 2.25. The minimum absolute atomic E-state index is 0.169. The van der Waals surface area contributed by atoms with Crippen molar-refractivity contribution in [1.82, 2.24) is 5.32 Å². The smallest absolute Gasteiger partial charge is 0.170 e. The molecule has 2 rings (SSSR count). The Morgan fingerprint density at radius 2 is 2.33 bits per heavy atom. The first-order valence-corrected chi connectivity index (χ1v) is 7.24. The maximum Gasteiger partial charge on any atom is 0.170 e. The molecular formula is C13H19N3OS. The van der Waals surface area contributed by atoms with E-state index in [2.05, 4.69) is 10.5 Å². The van der Waals surface area contributed by atoms with Crippen LogP contribution in [0.4, 0.5) is 0 Å². The van der Waals surface area contributed by atoms with E-state index in [1.54, 1.807) is 0 Å². The molecule has 4 nitrogen and oxygen atoms in total. The minimum Gasteiger partial charge on any atom is -0.409 e. The molecule has 1 atom stereocenters. The van der Waals surface area contributed by atoms with Crippen LogP contribution in [0.5, 0.6) is 0 Å². The lowest BCUT2D eigenvalue weighted by Crippen LogP contribution is -2.24. The van der Waals surface area contributed by atoms with Gasteiger partial charge in [0.2, 0.25) is 0 Å². The normalized spacial score (nSPS) is 20.2. The molecule has 1 aliphatic rings. The molecular weight excluding hydrogens is 246 g/mol. The molecule has 0 saturated carbocycles. The number of benzene rings is 1. The molecule has 1 unspecified atom stereocenters. The second-order valence-corrected chi connectivity index (χ2v) is 5.82. The summed E-state index contributed by atoms with van der Waals surface area (Å²) < 4.78 is 0. The number of thioether (sulfide) groups is 1. The summed E-state index contributed by atoms with van der Waals surface area (Å²) in [4.78, 5) is 0. The predicted molar refractivity (Wildman–Crippen MR) is 76.1 cm³/mol. The number of amidine groups is 1. The lowest BCUT2D eigenvalue weighted by Gasteiger charge is -2.12. The van der Waals surface area contributed by atoms with Gasteiger partial charge in [-0.15, -0.1) is 0 Å². The van der Waals surface area contributed by atoms with Gasteiger partial charge in [0.25, 0.3) is 0 Å². The highest BCUT2D eigenvalue weighted by Gasteiger charge is 2.15. The molecule has 0 spiro atoms. The highest BCUT2D eigenvalue weighted by atomic mass is 32.2. The van der Waals surface area contributed by atoms with Crippen molar-refractivity contribution in [2.24, 2.45) is 10.9 Å². The zero-order valence-corrected chi connectivity index (χ0v) is 11.1. The Kier molecular flexibility index (Phi) is 4.90. The highest BCUT2D eigenvalue weighted by molar-refractivity contribution is 8.00. The van der Waals surface area contributed by atoms with Crippen LogP contribution in [0.2, 0.25) is 0 Å². The zero-order valence-electron chi connectivity index (χ0n) is 10.3. The fourth-order valence-electron chi connectivity index (χ4n) is 2.15. The first-order valence-electron chi connectivity index (χ1n) is 6.19. The van der Waals surface area contributed by atoms with Crippen molar-refractivity contribution in [3.05, 3.63) is 35.4 Å². The lowest BCUT2D eigenvalue weighted by molar-refractivity contribution is 0.318. The summed E-state index contributed by atoms with van der Waals surface area (Å²) in [5.74, 6) is 1.45. The average Bonchev–Trinajstić information content (AvgIpc) is 2.92. The summed E-state index contributed by atoms with van der Waals surface area (Å²) in [5.41, 5.74) is 7.52. The summed E-state index contributed by atoms with van der Waals surface area (Å²) in [6, 6.07) is 7.73. The molecule has 0 aliphatic carbocycles. The Bertz CT molecular complexity index is 416. The molecule has 5 heteroatoms. The summed E-state index contributed by atoms with van der Waals surface area (Å²) in [6.07, 6.45) is 2.64. The largest absolute Gasteiger partial charge is 0.409 e. The van der Waals surface area contributed by atoms with Gasteiger partial charge >= 0.3 is 0 Å². The van der Waals surface area contributed by atoms with Gasteiger partial charge in [-0.25, -0.2) is 0 Å².